The highest BCUT2D eigenvalue weighted by Crippen LogP contribution is 2.16. The van der Waals surface area contributed by atoms with Crippen LogP contribution in [0.5, 0.6) is 0 Å². The second kappa shape index (κ2) is 7.07. The SMILES string of the molecule is CCCC(C)NS(=O)(=O)c1cc(CO)n(CCC)c1. The molecular formula is C13H24N2O3S. The summed E-state index contributed by atoms with van der Waals surface area (Å²) < 4.78 is 28.8. The molecule has 1 aromatic rings. The largest absolute Gasteiger partial charge is 0.390 e. The number of aryl methyl sites for hydroxylation is 1. The molecule has 0 aliphatic carbocycles. The van der Waals surface area contributed by atoms with Crippen LogP contribution >= 0.6 is 0 Å². The first-order valence-electron chi connectivity index (χ1n) is 6.76. The van der Waals surface area contributed by atoms with E-state index in [1.54, 1.807) is 10.8 Å². The summed E-state index contributed by atoms with van der Waals surface area (Å²) in [5.41, 5.74) is 0.630. The molecule has 1 rings (SSSR count). The number of rotatable bonds is 8. The molecule has 0 aliphatic heterocycles. The van der Waals surface area contributed by atoms with Crippen molar-refractivity contribution >= 4 is 10.0 Å². The summed E-state index contributed by atoms with van der Waals surface area (Å²) in [5, 5.41) is 9.25. The summed E-state index contributed by atoms with van der Waals surface area (Å²) in [5.74, 6) is 0. The lowest BCUT2D eigenvalue weighted by atomic mass is 10.2. The highest BCUT2D eigenvalue weighted by Gasteiger charge is 2.20. The van der Waals surface area contributed by atoms with Crippen LogP contribution in [0.25, 0.3) is 0 Å². The molecule has 0 saturated carbocycles. The van der Waals surface area contributed by atoms with E-state index in [1.165, 1.54) is 6.07 Å². The van der Waals surface area contributed by atoms with Crippen molar-refractivity contribution in [3.8, 4) is 0 Å². The molecule has 19 heavy (non-hydrogen) atoms. The maximum Gasteiger partial charge on any atom is 0.242 e. The van der Waals surface area contributed by atoms with Crippen molar-refractivity contribution in [2.45, 2.75) is 64.1 Å². The molecule has 0 saturated heterocycles. The Hall–Kier alpha value is -0.850. The van der Waals surface area contributed by atoms with Gasteiger partial charge >= 0.3 is 0 Å². The van der Waals surface area contributed by atoms with E-state index in [0.29, 0.717) is 12.2 Å². The highest BCUT2D eigenvalue weighted by molar-refractivity contribution is 7.89. The number of aromatic nitrogens is 1. The van der Waals surface area contributed by atoms with Crippen LogP contribution in [0.15, 0.2) is 17.2 Å². The van der Waals surface area contributed by atoms with Crippen molar-refractivity contribution in [3.63, 3.8) is 0 Å². The molecular weight excluding hydrogens is 264 g/mol. The molecule has 1 unspecified atom stereocenters. The molecule has 5 nitrogen and oxygen atoms in total. The minimum atomic E-state index is -3.49. The molecule has 0 bridgehead atoms. The standard InChI is InChI=1S/C13H24N2O3S/c1-4-6-11(3)14-19(17,18)13-8-12(10-16)15(9-13)7-5-2/h8-9,11,14,16H,4-7,10H2,1-3H3. The van der Waals surface area contributed by atoms with Gasteiger partial charge in [-0.05, 0) is 25.8 Å². The number of nitrogens with zero attached hydrogens (tertiary/aromatic N) is 1. The normalized spacial score (nSPS) is 13.7. The van der Waals surface area contributed by atoms with Gasteiger partial charge in [-0.25, -0.2) is 13.1 Å². The zero-order valence-electron chi connectivity index (χ0n) is 11.9. The molecule has 0 aliphatic rings. The highest BCUT2D eigenvalue weighted by atomic mass is 32.2. The fraction of sp³-hybridized carbons (Fsp3) is 0.692. The van der Waals surface area contributed by atoms with Crippen LogP contribution in [-0.4, -0.2) is 24.1 Å². The van der Waals surface area contributed by atoms with Crippen LogP contribution in [0.4, 0.5) is 0 Å². The third kappa shape index (κ3) is 4.33. The average molecular weight is 288 g/mol. The van der Waals surface area contributed by atoms with Crippen LogP contribution in [0.3, 0.4) is 0 Å². The van der Waals surface area contributed by atoms with Crippen LogP contribution < -0.4 is 4.72 Å². The monoisotopic (exact) mass is 288 g/mol. The lowest BCUT2D eigenvalue weighted by Gasteiger charge is -2.12. The summed E-state index contributed by atoms with van der Waals surface area (Å²) in [6.07, 6.45) is 4.22. The smallest absolute Gasteiger partial charge is 0.242 e. The van der Waals surface area contributed by atoms with E-state index >= 15 is 0 Å². The van der Waals surface area contributed by atoms with Gasteiger partial charge in [0.15, 0.2) is 0 Å². The van der Waals surface area contributed by atoms with E-state index in [4.69, 9.17) is 0 Å². The fourth-order valence-corrected chi connectivity index (χ4v) is 3.42. The molecule has 2 N–H and O–H groups in total. The van der Waals surface area contributed by atoms with Crippen LogP contribution in [0, 0.1) is 0 Å². The van der Waals surface area contributed by atoms with Crippen LogP contribution in [0.2, 0.25) is 0 Å². The number of hydrogen-bond donors (Lipinski definition) is 2. The lowest BCUT2D eigenvalue weighted by molar-refractivity contribution is 0.270. The van der Waals surface area contributed by atoms with Gasteiger partial charge in [0.05, 0.1) is 11.5 Å². The Bertz CT molecular complexity index is 494. The molecule has 1 aromatic heterocycles. The van der Waals surface area contributed by atoms with Crippen LogP contribution in [0.1, 0.15) is 45.7 Å². The van der Waals surface area contributed by atoms with Gasteiger partial charge in [0, 0.05) is 24.5 Å². The zero-order valence-corrected chi connectivity index (χ0v) is 12.7. The van der Waals surface area contributed by atoms with E-state index < -0.39 is 10.0 Å². The topological polar surface area (TPSA) is 71.3 Å². The zero-order chi connectivity index (χ0) is 14.5. The third-order valence-corrected chi connectivity index (χ3v) is 4.53. The van der Waals surface area contributed by atoms with Crippen molar-refractivity contribution in [2.75, 3.05) is 0 Å². The Labute approximate surface area is 115 Å². The number of hydrogen-bond acceptors (Lipinski definition) is 3. The summed E-state index contributed by atoms with van der Waals surface area (Å²) in [7, 11) is -3.49. The maximum absolute atomic E-state index is 12.2. The molecule has 110 valence electrons. The Morgan fingerprint density at radius 1 is 1.37 bits per heavy atom. The molecule has 0 aromatic carbocycles. The fourth-order valence-electron chi connectivity index (χ4n) is 2.08. The number of aliphatic hydroxyl groups is 1. The minimum absolute atomic E-state index is 0.0814. The van der Waals surface area contributed by atoms with Gasteiger partial charge < -0.3 is 9.67 Å². The molecule has 0 amide bonds. The first-order chi connectivity index (χ1) is 8.94. The van der Waals surface area contributed by atoms with Gasteiger partial charge in [-0.1, -0.05) is 20.3 Å². The van der Waals surface area contributed by atoms with Crippen molar-refractivity contribution in [1.29, 1.82) is 0 Å². The second-order valence-corrected chi connectivity index (χ2v) is 6.54. The van der Waals surface area contributed by atoms with Gasteiger partial charge in [-0.3, -0.25) is 0 Å². The number of nitrogens with one attached hydrogen (secondary N) is 1. The van der Waals surface area contributed by atoms with E-state index in [0.717, 1.165) is 19.3 Å². The summed E-state index contributed by atoms with van der Waals surface area (Å²) in [6, 6.07) is 1.46. The van der Waals surface area contributed by atoms with Gasteiger partial charge in [0.2, 0.25) is 10.0 Å². The molecule has 1 heterocycles. The minimum Gasteiger partial charge on any atom is -0.390 e. The predicted octanol–water partition coefficient (Wildman–Crippen LogP) is 1.86. The Balaban J connectivity index is 2.95. The molecule has 1 atom stereocenters. The number of sulfonamides is 1. The van der Waals surface area contributed by atoms with Gasteiger partial charge in [-0.15, -0.1) is 0 Å². The van der Waals surface area contributed by atoms with Crippen molar-refractivity contribution < 1.29 is 13.5 Å². The first-order valence-corrected chi connectivity index (χ1v) is 8.25. The predicted molar refractivity (Wildman–Crippen MR) is 75.3 cm³/mol. The third-order valence-electron chi connectivity index (χ3n) is 2.98. The summed E-state index contributed by atoms with van der Waals surface area (Å²) in [6.45, 7) is 6.44. The van der Waals surface area contributed by atoms with Crippen LogP contribution in [-0.2, 0) is 23.2 Å². The first kappa shape index (κ1) is 16.2. The molecule has 6 heteroatoms. The lowest BCUT2D eigenvalue weighted by Crippen LogP contribution is -2.32. The van der Waals surface area contributed by atoms with Crippen molar-refractivity contribution in [3.05, 3.63) is 18.0 Å². The van der Waals surface area contributed by atoms with Gasteiger partial charge in [-0.2, -0.15) is 0 Å². The van der Waals surface area contributed by atoms with E-state index in [2.05, 4.69) is 4.72 Å². The maximum atomic E-state index is 12.2. The van der Waals surface area contributed by atoms with E-state index in [9.17, 15) is 13.5 Å². The molecule has 0 spiro atoms. The Kier molecular flexibility index (Phi) is 6.03. The van der Waals surface area contributed by atoms with E-state index in [1.807, 2.05) is 20.8 Å². The summed E-state index contributed by atoms with van der Waals surface area (Å²) in [4.78, 5) is 0.230. The summed E-state index contributed by atoms with van der Waals surface area (Å²) >= 11 is 0. The number of aliphatic hydroxyl groups excluding tert-OH is 1. The molecule has 0 radical (unpaired) electrons. The van der Waals surface area contributed by atoms with Crippen molar-refractivity contribution in [1.82, 2.24) is 9.29 Å². The second-order valence-electron chi connectivity index (χ2n) is 4.83. The van der Waals surface area contributed by atoms with Gasteiger partial charge in [0.25, 0.3) is 0 Å². The Morgan fingerprint density at radius 2 is 2.05 bits per heavy atom. The molecule has 0 fully saturated rings. The Morgan fingerprint density at radius 3 is 2.58 bits per heavy atom. The van der Waals surface area contributed by atoms with E-state index in [-0.39, 0.29) is 17.5 Å². The van der Waals surface area contributed by atoms with Crippen molar-refractivity contribution in [2.24, 2.45) is 0 Å². The average Bonchev–Trinajstić information content (AvgIpc) is 2.73. The van der Waals surface area contributed by atoms with Gasteiger partial charge in [0.1, 0.15) is 0 Å². The quantitative estimate of drug-likeness (QED) is 0.767.